The number of rotatable bonds is 8. The van der Waals surface area contributed by atoms with Gasteiger partial charge in [-0.25, -0.2) is 4.79 Å². The monoisotopic (exact) mass is 478 g/mol. The minimum atomic E-state index is -0.845. The molecule has 2 aromatic rings. The molecule has 0 heterocycles. The third-order valence-corrected chi connectivity index (χ3v) is 7.15. The first kappa shape index (κ1) is 24.8. The van der Waals surface area contributed by atoms with E-state index in [4.69, 9.17) is 4.74 Å². The third kappa shape index (κ3) is 6.02. The second-order valence-corrected chi connectivity index (χ2v) is 9.77. The van der Waals surface area contributed by atoms with Gasteiger partial charge in [0.2, 0.25) is 5.91 Å². The van der Waals surface area contributed by atoms with E-state index < -0.39 is 18.0 Å². The van der Waals surface area contributed by atoms with Gasteiger partial charge in [0.15, 0.2) is 0 Å². The minimum Gasteiger partial charge on any atom is -0.481 e. The van der Waals surface area contributed by atoms with Crippen molar-refractivity contribution in [2.45, 2.75) is 57.4 Å². The SMILES string of the molecule is CC(CNC(=O)OCC1c2ccccc2-c2ccccc21)CC(=O)N[C@H]1CCCCC[C@H]1C(=O)O. The van der Waals surface area contributed by atoms with Crippen LogP contribution in [0.4, 0.5) is 4.79 Å². The van der Waals surface area contributed by atoms with Gasteiger partial charge < -0.3 is 20.5 Å². The van der Waals surface area contributed by atoms with Crippen molar-refractivity contribution in [1.29, 1.82) is 0 Å². The lowest BCUT2D eigenvalue weighted by Crippen LogP contribution is -2.43. The van der Waals surface area contributed by atoms with Crippen molar-refractivity contribution in [3.05, 3.63) is 59.7 Å². The first-order chi connectivity index (χ1) is 16.9. The van der Waals surface area contributed by atoms with Gasteiger partial charge in [-0.3, -0.25) is 9.59 Å². The van der Waals surface area contributed by atoms with Crippen molar-refractivity contribution >= 4 is 18.0 Å². The molecule has 1 unspecified atom stereocenters. The quantitative estimate of drug-likeness (QED) is 0.477. The molecule has 186 valence electrons. The topological polar surface area (TPSA) is 105 Å². The van der Waals surface area contributed by atoms with Gasteiger partial charge in [-0.1, -0.05) is 74.7 Å². The van der Waals surface area contributed by atoms with Crippen LogP contribution < -0.4 is 10.6 Å². The molecular formula is C28H34N2O5. The number of amides is 2. The van der Waals surface area contributed by atoms with Crippen LogP contribution in [0, 0.1) is 11.8 Å². The lowest BCUT2D eigenvalue weighted by Gasteiger charge is -2.23. The molecule has 2 aliphatic rings. The van der Waals surface area contributed by atoms with Gasteiger partial charge in [0.25, 0.3) is 0 Å². The Morgan fingerprint density at radius 1 is 0.971 bits per heavy atom. The first-order valence-electron chi connectivity index (χ1n) is 12.5. The van der Waals surface area contributed by atoms with Crippen molar-refractivity contribution < 1.29 is 24.2 Å². The van der Waals surface area contributed by atoms with Gasteiger partial charge in [-0.15, -0.1) is 0 Å². The van der Waals surface area contributed by atoms with Gasteiger partial charge in [-0.2, -0.15) is 0 Å². The lowest BCUT2D eigenvalue weighted by atomic mass is 9.94. The Labute approximate surface area is 206 Å². The summed E-state index contributed by atoms with van der Waals surface area (Å²) >= 11 is 0. The van der Waals surface area contributed by atoms with Crippen LogP contribution in [0.5, 0.6) is 0 Å². The fraction of sp³-hybridized carbons (Fsp3) is 0.464. The molecule has 0 spiro atoms. The van der Waals surface area contributed by atoms with E-state index >= 15 is 0 Å². The zero-order valence-electron chi connectivity index (χ0n) is 20.2. The van der Waals surface area contributed by atoms with E-state index in [1.54, 1.807) is 0 Å². The van der Waals surface area contributed by atoms with Crippen LogP contribution in [0.25, 0.3) is 11.1 Å². The molecule has 0 bridgehead atoms. The Balaban J connectivity index is 1.23. The van der Waals surface area contributed by atoms with Gasteiger partial charge in [-0.05, 0) is 41.0 Å². The zero-order chi connectivity index (χ0) is 24.8. The molecule has 0 aliphatic heterocycles. The highest BCUT2D eigenvalue weighted by atomic mass is 16.5. The number of fused-ring (bicyclic) bond motifs is 3. The van der Waals surface area contributed by atoms with Gasteiger partial charge in [0.05, 0.1) is 5.92 Å². The number of carboxylic acid groups (broad SMARTS) is 1. The average molecular weight is 479 g/mol. The van der Waals surface area contributed by atoms with Gasteiger partial charge in [0, 0.05) is 24.9 Å². The summed E-state index contributed by atoms with van der Waals surface area (Å²) < 4.78 is 5.55. The van der Waals surface area contributed by atoms with Crippen molar-refractivity contribution in [3.8, 4) is 11.1 Å². The predicted molar refractivity (Wildman–Crippen MR) is 133 cm³/mol. The summed E-state index contributed by atoms with van der Waals surface area (Å²) in [4.78, 5) is 36.5. The van der Waals surface area contributed by atoms with E-state index in [1.165, 1.54) is 11.1 Å². The highest BCUT2D eigenvalue weighted by Gasteiger charge is 2.31. The normalized spacial score (nSPS) is 20.1. The van der Waals surface area contributed by atoms with Crippen molar-refractivity contribution in [2.75, 3.05) is 13.2 Å². The number of alkyl carbamates (subject to hydrolysis) is 1. The molecule has 0 saturated heterocycles. The molecule has 35 heavy (non-hydrogen) atoms. The maximum absolute atomic E-state index is 12.5. The summed E-state index contributed by atoms with van der Waals surface area (Å²) in [6, 6.07) is 16.0. The summed E-state index contributed by atoms with van der Waals surface area (Å²) in [6.45, 7) is 2.43. The zero-order valence-corrected chi connectivity index (χ0v) is 20.2. The van der Waals surface area contributed by atoms with E-state index in [0.717, 1.165) is 30.4 Å². The summed E-state index contributed by atoms with van der Waals surface area (Å²) in [7, 11) is 0. The van der Waals surface area contributed by atoms with Crippen molar-refractivity contribution in [1.82, 2.24) is 10.6 Å². The first-order valence-corrected chi connectivity index (χ1v) is 12.5. The molecule has 7 nitrogen and oxygen atoms in total. The number of hydrogen-bond donors (Lipinski definition) is 3. The summed E-state index contributed by atoms with van der Waals surface area (Å²) in [5.41, 5.74) is 4.67. The fourth-order valence-corrected chi connectivity index (χ4v) is 5.34. The molecule has 4 rings (SSSR count). The third-order valence-electron chi connectivity index (χ3n) is 7.15. The summed E-state index contributed by atoms with van der Waals surface area (Å²) in [5, 5.41) is 15.2. The number of carbonyl (C=O) groups is 3. The molecule has 2 aromatic carbocycles. The number of benzene rings is 2. The number of carboxylic acids is 1. The standard InChI is InChI=1S/C28H34N2O5/c1-18(15-26(31)30-25-14-4-2-3-13-23(25)27(32)33)16-29-28(34)35-17-24-21-11-7-5-9-19(21)20-10-6-8-12-22(20)24/h5-12,18,23-25H,2-4,13-17H2,1H3,(H,29,34)(H,30,31)(H,32,33)/t18?,23-,25+/m1/s1. The second kappa shape index (κ2) is 11.4. The van der Waals surface area contributed by atoms with E-state index in [2.05, 4.69) is 34.9 Å². The molecule has 2 amide bonds. The highest BCUT2D eigenvalue weighted by molar-refractivity contribution is 5.79. The number of ether oxygens (including phenoxy) is 1. The van der Waals surface area contributed by atoms with E-state index in [1.807, 2.05) is 31.2 Å². The Hall–Kier alpha value is -3.35. The minimum absolute atomic E-state index is 0.00175. The molecule has 1 saturated carbocycles. The molecule has 0 radical (unpaired) electrons. The lowest BCUT2D eigenvalue weighted by molar-refractivity contribution is -0.143. The fourth-order valence-electron chi connectivity index (χ4n) is 5.34. The maximum atomic E-state index is 12.5. The summed E-state index contributed by atoms with van der Waals surface area (Å²) in [5.74, 6) is -1.66. The Kier molecular flexibility index (Phi) is 8.06. The van der Waals surface area contributed by atoms with Crippen LogP contribution in [-0.4, -0.2) is 42.3 Å². The average Bonchev–Trinajstić information content (AvgIpc) is 2.97. The Morgan fingerprint density at radius 3 is 2.26 bits per heavy atom. The smallest absolute Gasteiger partial charge is 0.407 e. The number of hydrogen-bond acceptors (Lipinski definition) is 4. The van der Waals surface area contributed by atoms with Crippen LogP contribution >= 0.6 is 0 Å². The van der Waals surface area contributed by atoms with Crippen LogP contribution in [0.15, 0.2) is 48.5 Å². The van der Waals surface area contributed by atoms with Crippen LogP contribution in [0.1, 0.15) is 62.5 Å². The summed E-state index contributed by atoms with van der Waals surface area (Å²) in [6.07, 6.45) is 3.79. The molecule has 1 fully saturated rings. The number of aliphatic carboxylic acids is 1. The number of nitrogens with one attached hydrogen (secondary N) is 2. The van der Waals surface area contributed by atoms with Gasteiger partial charge >= 0.3 is 12.1 Å². The van der Waals surface area contributed by atoms with Crippen LogP contribution in [0.3, 0.4) is 0 Å². The number of carbonyl (C=O) groups excluding carboxylic acids is 2. The van der Waals surface area contributed by atoms with E-state index in [9.17, 15) is 19.5 Å². The van der Waals surface area contributed by atoms with Crippen molar-refractivity contribution in [2.24, 2.45) is 11.8 Å². The molecule has 2 aliphatic carbocycles. The molecule has 7 heteroatoms. The second-order valence-electron chi connectivity index (χ2n) is 9.77. The van der Waals surface area contributed by atoms with E-state index in [0.29, 0.717) is 19.4 Å². The molecule has 3 atom stereocenters. The van der Waals surface area contributed by atoms with Crippen LogP contribution in [0.2, 0.25) is 0 Å². The van der Waals surface area contributed by atoms with E-state index in [-0.39, 0.29) is 36.8 Å². The Bertz CT molecular complexity index is 1020. The Morgan fingerprint density at radius 2 is 1.60 bits per heavy atom. The highest BCUT2D eigenvalue weighted by Crippen LogP contribution is 2.44. The van der Waals surface area contributed by atoms with Crippen LogP contribution in [-0.2, 0) is 14.3 Å². The predicted octanol–water partition coefficient (Wildman–Crippen LogP) is 4.70. The molecule has 0 aromatic heterocycles. The molecule has 3 N–H and O–H groups in total. The molecular weight excluding hydrogens is 444 g/mol. The van der Waals surface area contributed by atoms with Gasteiger partial charge in [0.1, 0.15) is 6.61 Å². The largest absolute Gasteiger partial charge is 0.481 e. The van der Waals surface area contributed by atoms with Crippen molar-refractivity contribution in [3.63, 3.8) is 0 Å². The maximum Gasteiger partial charge on any atom is 0.407 e.